The van der Waals surface area contributed by atoms with Crippen molar-refractivity contribution >= 4 is 23.0 Å². The molecule has 2 aromatic carbocycles. The van der Waals surface area contributed by atoms with Gasteiger partial charge in [-0.25, -0.2) is 0 Å². The first kappa shape index (κ1) is 16.3. The van der Waals surface area contributed by atoms with Crippen LogP contribution in [0.1, 0.15) is 16.7 Å². The summed E-state index contributed by atoms with van der Waals surface area (Å²) < 4.78 is 5.25. The van der Waals surface area contributed by atoms with Crippen molar-refractivity contribution in [3.05, 3.63) is 59.2 Å². The number of ether oxygens (including phenoxy) is 1. The molecule has 0 radical (unpaired) electrons. The van der Waals surface area contributed by atoms with Gasteiger partial charge in [0, 0.05) is 19.3 Å². The molecule has 2 rings (SSSR count). The number of methoxy groups -OCH3 is 1. The molecule has 0 heterocycles. The zero-order chi connectivity index (χ0) is 16.1. The Hall–Kier alpha value is -2.07. The fourth-order valence-corrected chi connectivity index (χ4v) is 2.37. The number of rotatable bonds is 4. The molecule has 3 nitrogen and oxygen atoms in total. The zero-order valence-corrected chi connectivity index (χ0v) is 14.3. The molecule has 0 bridgehead atoms. The number of nitrogens with one attached hydrogen (secondary N) is 1. The largest absolute Gasteiger partial charge is 0.497 e. The van der Waals surface area contributed by atoms with Crippen LogP contribution in [0.4, 0.5) is 5.69 Å². The molecular formula is C18H22N2OS. The highest BCUT2D eigenvalue weighted by atomic mass is 32.1. The van der Waals surface area contributed by atoms with Gasteiger partial charge in [-0.2, -0.15) is 0 Å². The molecule has 0 aliphatic rings. The van der Waals surface area contributed by atoms with Crippen molar-refractivity contribution in [2.24, 2.45) is 0 Å². The molecular weight excluding hydrogens is 292 g/mol. The van der Waals surface area contributed by atoms with E-state index in [0.29, 0.717) is 5.11 Å². The van der Waals surface area contributed by atoms with Gasteiger partial charge in [0.05, 0.1) is 7.11 Å². The normalized spacial score (nSPS) is 10.2. The van der Waals surface area contributed by atoms with E-state index < -0.39 is 0 Å². The first-order valence-electron chi connectivity index (χ1n) is 7.22. The number of hydrogen-bond acceptors (Lipinski definition) is 2. The van der Waals surface area contributed by atoms with Crippen molar-refractivity contribution in [3.8, 4) is 5.75 Å². The molecule has 0 aliphatic carbocycles. The highest BCUT2D eigenvalue weighted by molar-refractivity contribution is 7.80. The third-order valence-electron chi connectivity index (χ3n) is 3.54. The standard InChI is InChI=1S/C18H22N2OS/c1-13-8-9-14(2)17(10-13)19-18(22)20(3)12-15-6-5-7-16(11-15)21-4/h5-11H,12H2,1-4H3,(H,19,22). The molecule has 0 atom stereocenters. The Bertz CT molecular complexity index is 670. The van der Waals surface area contributed by atoms with Crippen LogP contribution in [0.3, 0.4) is 0 Å². The van der Waals surface area contributed by atoms with E-state index in [2.05, 4.69) is 43.4 Å². The van der Waals surface area contributed by atoms with Crippen LogP contribution >= 0.6 is 12.2 Å². The summed E-state index contributed by atoms with van der Waals surface area (Å²) in [5.41, 5.74) is 4.61. The van der Waals surface area contributed by atoms with Crippen molar-refractivity contribution in [1.82, 2.24) is 4.90 Å². The first-order chi connectivity index (χ1) is 10.5. The summed E-state index contributed by atoms with van der Waals surface area (Å²) in [5.74, 6) is 0.860. The first-order valence-corrected chi connectivity index (χ1v) is 7.62. The Balaban J connectivity index is 2.04. The van der Waals surface area contributed by atoms with Crippen molar-refractivity contribution in [3.63, 3.8) is 0 Å². The van der Waals surface area contributed by atoms with Crippen LogP contribution in [0.5, 0.6) is 5.75 Å². The second-order valence-corrected chi connectivity index (χ2v) is 5.84. The number of anilines is 1. The Labute approximate surface area is 137 Å². The highest BCUT2D eigenvalue weighted by Gasteiger charge is 2.08. The van der Waals surface area contributed by atoms with Gasteiger partial charge in [-0.1, -0.05) is 24.3 Å². The molecule has 4 heteroatoms. The maximum absolute atomic E-state index is 5.51. The zero-order valence-electron chi connectivity index (χ0n) is 13.5. The van der Waals surface area contributed by atoms with Crippen LogP contribution in [-0.2, 0) is 6.54 Å². The fourth-order valence-electron chi connectivity index (χ4n) is 2.20. The van der Waals surface area contributed by atoms with Gasteiger partial charge >= 0.3 is 0 Å². The monoisotopic (exact) mass is 314 g/mol. The lowest BCUT2D eigenvalue weighted by molar-refractivity contribution is 0.413. The lowest BCUT2D eigenvalue weighted by Crippen LogP contribution is -2.30. The van der Waals surface area contributed by atoms with E-state index in [1.165, 1.54) is 11.1 Å². The molecule has 22 heavy (non-hydrogen) atoms. The molecule has 0 saturated heterocycles. The second-order valence-electron chi connectivity index (χ2n) is 5.46. The molecule has 0 amide bonds. The quantitative estimate of drug-likeness (QED) is 0.857. The number of aryl methyl sites for hydroxylation is 2. The third kappa shape index (κ3) is 4.21. The summed E-state index contributed by atoms with van der Waals surface area (Å²) in [6, 6.07) is 14.3. The Morgan fingerprint density at radius 3 is 2.68 bits per heavy atom. The SMILES string of the molecule is COc1cccc(CN(C)C(=S)Nc2cc(C)ccc2C)c1. The summed E-state index contributed by atoms with van der Waals surface area (Å²) in [6.45, 7) is 4.88. The number of benzene rings is 2. The molecule has 2 aromatic rings. The highest BCUT2D eigenvalue weighted by Crippen LogP contribution is 2.18. The maximum atomic E-state index is 5.51. The van der Waals surface area contributed by atoms with Gasteiger partial charge < -0.3 is 15.0 Å². The maximum Gasteiger partial charge on any atom is 0.173 e. The van der Waals surface area contributed by atoms with Crippen molar-refractivity contribution in [2.45, 2.75) is 20.4 Å². The average molecular weight is 314 g/mol. The topological polar surface area (TPSA) is 24.5 Å². The van der Waals surface area contributed by atoms with Crippen LogP contribution in [0.2, 0.25) is 0 Å². The van der Waals surface area contributed by atoms with Gasteiger partial charge in [-0.15, -0.1) is 0 Å². The van der Waals surface area contributed by atoms with E-state index in [9.17, 15) is 0 Å². The van der Waals surface area contributed by atoms with Crippen LogP contribution in [-0.4, -0.2) is 24.2 Å². The van der Waals surface area contributed by atoms with Crippen molar-refractivity contribution < 1.29 is 4.74 Å². The number of hydrogen-bond donors (Lipinski definition) is 1. The summed E-state index contributed by atoms with van der Waals surface area (Å²) in [7, 11) is 3.66. The predicted molar refractivity (Wildman–Crippen MR) is 96.6 cm³/mol. The lowest BCUT2D eigenvalue weighted by atomic mass is 10.1. The minimum Gasteiger partial charge on any atom is -0.497 e. The average Bonchev–Trinajstić information content (AvgIpc) is 2.51. The number of nitrogens with zero attached hydrogens (tertiary/aromatic N) is 1. The molecule has 0 fully saturated rings. The van der Waals surface area contributed by atoms with Crippen molar-refractivity contribution in [1.29, 1.82) is 0 Å². The molecule has 0 saturated carbocycles. The van der Waals surface area contributed by atoms with Gasteiger partial charge in [0.15, 0.2) is 5.11 Å². The molecule has 0 spiro atoms. The van der Waals surface area contributed by atoms with Gasteiger partial charge in [0.25, 0.3) is 0 Å². The summed E-state index contributed by atoms with van der Waals surface area (Å²) in [6.07, 6.45) is 0. The summed E-state index contributed by atoms with van der Waals surface area (Å²) in [4.78, 5) is 2.02. The van der Waals surface area contributed by atoms with E-state index in [4.69, 9.17) is 17.0 Å². The van der Waals surface area contributed by atoms with Gasteiger partial charge in [-0.05, 0) is 61.0 Å². The Kier molecular flexibility index (Phi) is 5.39. The van der Waals surface area contributed by atoms with Gasteiger partial charge in [0.1, 0.15) is 5.75 Å². The molecule has 116 valence electrons. The van der Waals surface area contributed by atoms with Crippen LogP contribution in [0.15, 0.2) is 42.5 Å². The van der Waals surface area contributed by atoms with E-state index in [0.717, 1.165) is 23.5 Å². The van der Waals surface area contributed by atoms with E-state index in [1.54, 1.807) is 7.11 Å². The molecule has 0 aliphatic heterocycles. The summed E-state index contributed by atoms with van der Waals surface area (Å²) in [5, 5.41) is 4.03. The lowest BCUT2D eigenvalue weighted by Gasteiger charge is -2.22. The number of thiocarbonyl (C=S) groups is 1. The van der Waals surface area contributed by atoms with E-state index >= 15 is 0 Å². The minimum atomic E-state index is 0.705. The van der Waals surface area contributed by atoms with Crippen molar-refractivity contribution in [2.75, 3.05) is 19.5 Å². The van der Waals surface area contributed by atoms with Crippen LogP contribution < -0.4 is 10.1 Å². The Morgan fingerprint density at radius 2 is 1.95 bits per heavy atom. The molecule has 1 N–H and O–H groups in total. The predicted octanol–water partition coefficient (Wildman–Crippen LogP) is 4.14. The van der Waals surface area contributed by atoms with Crippen LogP contribution in [0.25, 0.3) is 0 Å². The Morgan fingerprint density at radius 1 is 1.18 bits per heavy atom. The van der Waals surface area contributed by atoms with E-state index in [-0.39, 0.29) is 0 Å². The van der Waals surface area contributed by atoms with Gasteiger partial charge in [-0.3, -0.25) is 0 Å². The van der Waals surface area contributed by atoms with E-state index in [1.807, 2.05) is 30.1 Å². The summed E-state index contributed by atoms with van der Waals surface area (Å²) >= 11 is 5.51. The minimum absolute atomic E-state index is 0.705. The third-order valence-corrected chi connectivity index (χ3v) is 3.95. The van der Waals surface area contributed by atoms with Gasteiger partial charge in [0.2, 0.25) is 0 Å². The van der Waals surface area contributed by atoms with Crippen LogP contribution in [0, 0.1) is 13.8 Å². The smallest absolute Gasteiger partial charge is 0.173 e. The molecule has 0 aromatic heterocycles. The fraction of sp³-hybridized carbons (Fsp3) is 0.278. The second kappa shape index (κ2) is 7.27. The molecule has 0 unspecified atom stereocenters.